The highest BCUT2D eigenvalue weighted by atomic mass is 32.1. The standard InChI is InChI=1S/C17H16N4S/c1-21(2)15-10-8-13(9-11-15)12-18-17-20-19-16(22-17)14-6-4-3-5-7-14/h3-12H,1-2H3/b18-12+. The van der Waals surface area contributed by atoms with Crippen molar-refractivity contribution in [3.8, 4) is 10.6 Å². The summed E-state index contributed by atoms with van der Waals surface area (Å²) in [5, 5.41) is 9.85. The van der Waals surface area contributed by atoms with Crippen LogP contribution in [0.4, 0.5) is 10.8 Å². The first-order valence-electron chi connectivity index (χ1n) is 6.93. The summed E-state index contributed by atoms with van der Waals surface area (Å²) in [6.45, 7) is 0. The van der Waals surface area contributed by atoms with Crippen LogP contribution in [0.25, 0.3) is 10.6 Å². The summed E-state index contributed by atoms with van der Waals surface area (Å²) in [6.07, 6.45) is 1.81. The van der Waals surface area contributed by atoms with Gasteiger partial charge in [-0.1, -0.05) is 53.8 Å². The van der Waals surface area contributed by atoms with Gasteiger partial charge in [0.05, 0.1) is 0 Å². The van der Waals surface area contributed by atoms with Gasteiger partial charge in [0.1, 0.15) is 5.01 Å². The number of nitrogens with zero attached hydrogens (tertiary/aromatic N) is 4. The molecule has 0 atom stereocenters. The van der Waals surface area contributed by atoms with Gasteiger partial charge in [0, 0.05) is 31.6 Å². The average molecular weight is 308 g/mol. The van der Waals surface area contributed by atoms with Crippen molar-refractivity contribution in [1.82, 2.24) is 10.2 Å². The van der Waals surface area contributed by atoms with E-state index in [1.165, 1.54) is 17.0 Å². The molecule has 1 heterocycles. The number of benzene rings is 2. The van der Waals surface area contributed by atoms with Crippen LogP contribution < -0.4 is 4.90 Å². The molecule has 0 radical (unpaired) electrons. The molecule has 0 saturated heterocycles. The number of rotatable bonds is 4. The monoisotopic (exact) mass is 308 g/mol. The zero-order valence-electron chi connectivity index (χ0n) is 12.5. The summed E-state index contributed by atoms with van der Waals surface area (Å²) in [5.41, 5.74) is 3.28. The van der Waals surface area contributed by atoms with Crippen molar-refractivity contribution in [3.63, 3.8) is 0 Å². The Balaban J connectivity index is 1.74. The van der Waals surface area contributed by atoms with E-state index in [-0.39, 0.29) is 0 Å². The van der Waals surface area contributed by atoms with Crippen molar-refractivity contribution in [2.75, 3.05) is 19.0 Å². The molecule has 0 aliphatic heterocycles. The fraction of sp³-hybridized carbons (Fsp3) is 0.118. The zero-order chi connectivity index (χ0) is 15.4. The second kappa shape index (κ2) is 6.49. The van der Waals surface area contributed by atoms with E-state index in [0.717, 1.165) is 16.1 Å². The highest BCUT2D eigenvalue weighted by Crippen LogP contribution is 2.27. The van der Waals surface area contributed by atoms with Crippen molar-refractivity contribution in [2.45, 2.75) is 0 Å². The minimum absolute atomic E-state index is 0.663. The van der Waals surface area contributed by atoms with Gasteiger partial charge >= 0.3 is 0 Å². The number of hydrogen-bond acceptors (Lipinski definition) is 5. The Labute approximate surface area is 133 Å². The van der Waals surface area contributed by atoms with E-state index in [4.69, 9.17) is 0 Å². The van der Waals surface area contributed by atoms with Crippen LogP contribution in [0, 0.1) is 0 Å². The molecule has 3 rings (SSSR count). The lowest BCUT2D eigenvalue weighted by molar-refractivity contribution is 1.09. The van der Waals surface area contributed by atoms with Gasteiger partial charge in [0.15, 0.2) is 0 Å². The van der Waals surface area contributed by atoms with Gasteiger partial charge in [-0.05, 0) is 17.7 Å². The van der Waals surface area contributed by atoms with Crippen LogP contribution in [0.3, 0.4) is 0 Å². The predicted octanol–water partition coefficient (Wildman–Crippen LogP) is 4.02. The molecule has 0 N–H and O–H groups in total. The van der Waals surface area contributed by atoms with Gasteiger partial charge in [-0.2, -0.15) is 0 Å². The van der Waals surface area contributed by atoms with Gasteiger partial charge in [-0.3, -0.25) is 0 Å². The molecule has 0 bridgehead atoms. The van der Waals surface area contributed by atoms with Crippen molar-refractivity contribution >= 4 is 28.4 Å². The Morgan fingerprint density at radius 1 is 0.955 bits per heavy atom. The van der Waals surface area contributed by atoms with Gasteiger partial charge < -0.3 is 4.90 Å². The fourth-order valence-electron chi connectivity index (χ4n) is 1.95. The van der Waals surface area contributed by atoms with Crippen LogP contribution in [0.1, 0.15) is 5.56 Å². The maximum Gasteiger partial charge on any atom is 0.231 e. The first-order valence-corrected chi connectivity index (χ1v) is 7.74. The van der Waals surface area contributed by atoms with E-state index < -0.39 is 0 Å². The van der Waals surface area contributed by atoms with Gasteiger partial charge in [-0.25, -0.2) is 4.99 Å². The maximum absolute atomic E-state index is 4.40. The van der Waals surface area contributed by atoms with Crippen molar-refractivity contribution in [3.05, 3.63) is 60.2 Å². The molecule has 0 unspecified atom stereocenters. The molecule has 2 aromatic carbocycles. The Morgan fingerprint density at radius 2 is 1.68 bits per heavy atom. The topological polar surface area (TPSA) is 41.4 Å². The quantitative estimate of drug-likeness (QED) is 0.684. The third kappa shape index (κ3) is 3.38. The highest BCUT2D eigenvalue weighted by molar-refractivity contribution is 7.18. The molecule has 0 fully saturated rings. The van der Waals surface area contributed by atoms with Gasteiger partial charge in [-0.15, -0.1) is 10.2 Å². The minimum atomic E-state index is 0.663. The van der Waals surface area contributed by atoms with Crippen LogP contribution >= 0.6 is 11.3 Å². The van der Waals surface area contributed by atoms with Crippen molar-refractivity contribution < 1.29 is 0 Å². The Kier molecular flexibility index (Phi) is 4.25. The van der Waals surface area contributed by atoms with Crippen LogP contribution in [-0.2, 0) is 0 Å². The number of aromatic nitrogens is 2. The third-order valence-electron chi connectivity index (χ3n) is 3.17. The van der Waals surface area contributed by atoms with Gasteiger partial charge in [0.2, 0.25) is 5.13 Å². The maximum atomic E-state index is 4.40. The molecule has 0 saturated carbocycles. The number of hydrogen-bond donors (Lipinski definition) is 0. The molecule has 22 heavy (non-hydrogen) atoms. The molecule has 0 amide bonds. The fourth-order valence-corrected chi connectivity index (χ4v) is 2.65. The first kappa shape index (κ1) is 14.4. The molecule has 0 aliphatic carbocycles. The van der Waals surface area contributed by atoms with E-state index in [1.807, 2.05) is 62.8 Å². The third-order valence-corrected chi connectivity index (χ3v) is 4.05. The van der Waals surface area contributed by atoms with E-state index in [2.05, 4.69) is 32.2 Å². The van der Waals surface area contributed by atoms with Crippen molar-refractivity contribution in [2.24, 2.45) is 4.99 Å². The molecule has 1 aromatic heterocycles. The molecular weight excluding hydrogens is 292 g/mol. The predicted molar refractivity (Wildman–Crippen MR) is 93.4 cm³/mol. The molecule has 110 valence electrons. The van der Waals surface area contributed by atoms with Crippen molar-refractivity contribution in [1.29, 1.82) is 0 Å². The van der Waals surface area contributed by atoms with E-state index in [1.54, 1.807) is 0 Å². The van der Waals surface area contributed by atoms with Crippen LogP contribution in [0.2, 0.25) is 0 Å². The van der Waals surface area contributed by atoms with Crippen LogP contribution in [0.15, 0.2) is 59.6 Å². The molecule has 0 spiro atoms. The van der Waals surface area contributed by atoms with Crippen LogP contribution in [0.5, 0.6) is 0 Å². The lowest BCUT2D eigenvalue weighted by Gasteiger charge is -2.11. The summed E-state index contributed by atoms with van der Waals surface area (Å²) < 4.78 is 0. The zero-order valence-corrected chi connectivity index (χ0v) is 13.3. The summed E-state index contributed by atoms with van der Waals surface area (Å²) in [6, 6.07) is 18.2. The Bertz CT molecular complexity index is 761. The van der Waals surface area contributed by atoms with Crippen LogP contribution in [-0.4, -0.2) is 30.5 Å². The Hall–Kier alpha value is -2.53. The summed E-state index contributed by atoms with van der Waals surface area (Å²) >= 11 is 1.48. The van der Waals surface area contributed by atoms with Gasteiger partial charge in [0.25, 0.3) is 0 Å². The molecule has 4 nitrogen and oxygen atoms in total. The molecule has 5 heteroatoms. The van der Waals surface area contributed by atoms with E-state index >= 15 is 0 Å². The summed E-state index contributed by atoms with van der Waals surface area (Å²) in [7, 11) is 4.05. The summed E-state index contributed by atoms with van der Waals surface area (Å²) in [5.74, 6) is 0. The van der Waals surface area contributed by atoms with E-state index in [9.17, 15) is 0 Å². The lowest BCUT2D eigenvalue weighted by Crippen LogP contribution is -2.08. The molecule has 3 aromatic rings. The number of anilines is 1. The SMILES string of the molecule is CN(C)c1ccc(/C=N/c2nnc(-c3ccccc3)s2)cc1. The van der Waals surface area contributed by atoms with E-state index in [0.29, 0.717) is 5.13 Å². The average Bonchev–Trinajstić information content (AvgIpc) is 3.03. The Morgan fingerprint density at radius 3 is 2.36 bits per heavy atom. The second-order valence-corrected chi connectivity index (χ2v) is 5.96. The second-order valence-electron chi connectivity index (χ2n) is 5.00. The first-order chi connectivity index (χ1) is 10.7. The largest absolute Gasteiger partial charge is 0.378 e. The molecular formula is C17H16N4S. The number of aliphatic imine (C=N–C) groups is 1. The minimum Gasteiger partial charge on any atom is -0.378 e. The molecule has 0 aliphatic rings. The highest BCUT2D eigenvalue weighted by Gasteiger charge is 2.04. The summed E-state index contributed by atoms with van der Waals surface area (Å²) in [4.78, 5) is 6.47. The normalized spacial score (nSPS) is 11.0. The smallest absolute Gasteiger partial charge is 0.231 e. The lowest BCUT2D eigenvalue weighted by atomic mass is 10.2.